The molecule has 1 rings (SSSR count). The third kappa shape index (κ3) is 4.94. The van der Waals surface area contributed by atoms with E-state index in [0.29, 0.717) is 17.4 Å². The van der Waals surface area contributed by atoms with Crippen LogP contribution in [0.1, 0.15) is 25.0 Å². The molecule has 1 N–H and O–H groups in total. The fraction of sp³-hybridized carbons (Fsp3) is 0.538. The second kappa shape index (κ2) is 6.84. The standard InChI is InChI=1S/C13H20ClNO2/c1-10(16)11-5-6-13(12(14)9-11)17-8-4-7-15(2)3/h5-6,9-10,16H,4,7-8H2,1-3H3/t10-/m1/s1. The van der Waals surface area contributed by atoms with Crippen LogP contribution in [0.4, 0.5) is 0 Å². The molecule has 0 saturated heterocycles. The predicted molar refractivity (Wildman–Crippen MR) is 70.8 cm³/mol. The number of aliphatic hydroxyl groups is 1. The Labute approximate surface area is 108 Å². The second-order valence-corrected chi connectivity index (χ2v) is 4.78. The molecule has 0 aromatic heterocycles. The van der Waals surface area contributed by atoms with Gasteiger partial charge in [-0.15, -0.1) is 0 Å². The fourth-order valence-electron chi connectivity index (χ4n) is 1.46. The van der Waals surface area contributed by atoms with Crippen LogP contribution in [0, 0.1) is 0 Å². The van der Waals surface area contributed by atoms with Crippen LogP contribution in [0.5, 0.6) is 5.75 Å². The van der Waals surface area contributed by atoms with Gasteiger partial charge in [-0.1, -0.05) is 17.7 Å². The van der Waals surface area contributed by atoms with Gasteiger partial charge in [-0.3, -0.25) is 0 Å². The van der Waals surface area contributed by atoms with E-state index >= 15 is 0 Å². The number of hydrogen-bond acceptors (Lipinski definition) is 3. The lowest BCUT2D eigenvalue weighted by Gasteiger charge is -2.12. The molecule has 0 fully saturated rings. The van der Waals surface area contributed by atoms with E-state index < -0.39 is 6.10 Å². The van der Waals surface area contributed by atoms with Crippen molar-refractivity contribution in [3.05, 3.63) is 28.8 Å². The van der Waals surface area contributed by atoms with Crippen molar-refractivity contribution >= 4 is 11.6 Å². The minimum Gasteiger partial charge on any atom is -0.492 e. The molecule has 1 aromatic rings. The maximum absolute atomic E-state index is 9.41. The first-order valence-electron chi connectivity index (χ1n) is 5.75. The van der Waals surface area contributed by atoms with Gasteiger partial charge in [0.2, 0.25) is 0 Å². The number of ether oxygens (including phenoxy) is 1. The number of rotatable bonds is 6. The van der Waals surface area contributed by atoms with Crippen molar-refractivity contribution in [3.63, 3.8) is 0 Å². The van der Waals surface area contributed by atoms with E-state index in [1.165, 1.54) is 0 Å². The highest BCUT2D eigenvalue weighted by Gasteiger charge is 2.06. The van der Waals surface area contributed by atoms with Crippen LogP contribution < -0.4 is 4.74 Å². The van der Waals surface area contributed by atoms with Crippen molar-refractivity contribution in [1.82, 2.24) is 4.90 Å². The van der Waals surface area contributed by atoms with Crippen molar-refractivity contribution in [1.29, 1.82) is 0 Å². The zero-order chi connectivity index (χ0) is 12.8. The van der Waals surface area contributed by atoms with Crippen molar-refractivity contribution in [2.24, 2.45) is 0 Å². The van der Waals surface area contributed by atoms with Gasteiger partial charge in [0.25, 0.3) is 0 Å². The van der Waals surface area contributed by atoms with E-state index in [1.54, 1.807) is 19.1 Å². The summed E-state index contributed by atoms with van der Waals surface area (Å²) in [6, 6.07) is 5.38. The molecule has 0 saturated carbocycles. The summed E-state index contributed by atoms with van der Waals surface area (Å²) in [4.78, 5) is 2.11. The van der Waals surface area contributed by atoms with E-state index in [4.69, 9.17) is 16.3 Å². The molecule has 0 radical (unpaired) electrons. The van der Waals surface area contributed by atoms with Crippen LogP contribution in [-0.4, -0.2) is 37.3 Å². The van der Waals surface area contributed by atoms with Gasteiger partial charge in [0.05, 0.1) is 17.7 Å². The van der Waals surface area contributed by atoms with Crippen molar-refractivity contribution < 1.29 is 9.84 Å². The Morgan fingerprint density at radius 2 is 2.12 bits per heavy atom. The highest BCUT2D eigenvalue weighted by molar-refractivity contribution is 6.32. The Kier molecular flexibility index (Phi) is 5.75. The second-order valence-electron chi connectivity index (χ2n) is 4.37. The Balaban J connectivity index is 2.49. The van der Waals surface area contributed by atoms with Crippen molar-refractivity contribution in [2.75, 3.05) is 27.2 Å². The molecule has 0 bridgehead atoms. The molecule has 0 aliphatic heterocycles. The van der Waals surface area contributed by atoms with E-state index in [0.717, 1.165) is 18.5 Å². The number of aliphatic hydroxyl groups excluding tert-OH is 1. The first-order valence-corrected chi connectivity index (χ1v) is 6.13. The van der Waals surface area contributed by atoms with Gasteiger partial charge >= 0.3 is 0 Å². The van der Waals surface area contributed by atoms with Crippen LogP contribution in [-0.2, 0) is 0 Å². The van der Waals surface area contributed by atoms with Crippen LogP contribution in [0.2, 0.25) is 5.02 Å². The zero-order valence-corrected chi connectivity index (χ0v) is 11.4. The van der Waals surface area contributed by atoms with Gasteiger partial charge in [0.1, 0.15) is 5.75 Å². The minimum absolute atomic E-state index is 0.504. The van der Waals surface area contributed by atoms with Crippen LogP contribution in [0.15, 0.2) is 18.2 Å². The normalized spacial score (nSPS) is 12.8. The molecule has 0 unspecified atom stereocenters. The first-order chi connectivity index (χ1) is 8.00. The summed E-state index contributed by atoms with van der Waals surface area (Å²) in [5, 5.41) is 9.96. The van der Waals surface area contributed by atoms with E-state index in [1.807, 2.05) is 20.2 Å². The quantitative estimate of drug-likeness (QED) is 0.796. The Morgan fingerprint density at radius 3 is 2.65 bits per heavy atom. The topological polar surface area (TPSA) is 32.7 Å². The molecule has 0 heterocycles. The molecule has 17 heavy (non-hydrogen) atoms. The van der Waals surface area contributed by atoms with Gasteiger partial charge in [-0.25, -0.2) is 0 Å². The van der Waals surface area contributed by atoms with Crippen LogP contribution >= 0.6 is 11.6 Å². The smallest absolute Gasteiger partial charge is 0.137 e. The summed E-state index contributed by atoms with van der Waals surface area (Å²) < 4.78 is 5.58. The summed E-state index contributed by atoms with van der Waals surface area (Å²) in [5.74, 6) is 0.676. The Bertz CT molecular complexity index is 353. The molecule has 0 amide bonds. The average molecular weight is 258 g/mol. The lowest BCUT2D eigenvalue weighted by Crippen LogP contribution is -2.15. The molecule has 0 spiro atoms. The Morgan fingerprint density at radius 1 is 1.41 bits per heavy atom. The van der Waals surface area contributed by atoms with Gasteiger partial charge in [-0.2, -0.15) is 0 Å². The van der Waals surface area contributed by atoms with E-state index in [2.05, 4.69) is 4.90 Å². The van der Waals surface area contributed by atoms with Gasteiger partial charge in [0, 0.05) is 6.54 Å². The van der Waals surface area contributed by atoms with Gasteiger partial charge in [0.15, 0.2) is 0 Å². The van der Waals surface area contributed by atoms with Crippen LogP contribution in [0.3, 0.4) is 0 Å². The maximum atomic E-state index is 9.41. The number of halogens is 1. The minimum atomic E-state index is -0.504. The molecule has 1 aromatic carbocycles. The van der Waals surface area contributed by atoms with Crippen molar-refractivity contribution in [2.45, 2.75) is 19.4 Å². The number of benzene rings is 1. The number of hydrogen-bond donors (Lipinski definition) is 1. The Hall–Kier alpha value is -0.770. The summed E-state index contributed by atoms with van der Waals surface area (Å²) >= 11 is 6.07. The molecule has 4 heteroatoms. The summed E-state index contributed by atoms with van der Waals surface area (Å²) in [6.07, 6.45) is 0.455. The fourth-order valence-corrected chi connectivity index (χ4v) is 1.70. The monoisotopic (exact) mass is 257 g/mol. The number of nitrogens with zero attached hydrogens (tertiary/aromatic N) is 1. The summed E-state index contributed by atoms with van der Waals surface area (Å²) in [5.41, 5.74) is 0.802. The predicted octanol–water partition coefficient (Wildman–Crippen LogP) is 2.72. The van der Waals surface area contributed by atoms with Gasteiger partial charge < -0.3 is 14.7 Å². The largest absolute Gasteiger partial charge is 0.492 e. The molecule has 1 atom stereocenters. The molecule has 0 aliphatic carbocycles. The highest BCUT2D eigenvalue weighted by atomic mass is 35.5. The van der Waals surface area contributed by atoms with Crippen molar-refractivity contribution in [3.8, 4) is 5.75 Å². The molecule has 96 valence electrons. The van der Waals surface area contributed by atoms with E-state index in [9.17, 15) is 5.11 Å². The molecule has 0 aliphatic rings. The summed E-state index contributed by atoms with van der Waals surface area (Å²) in [7, 11) is 4.06. The molecule has 3 nitrogen and oxygen atoms in total. The maximum Gasteiger partial charge on any atom is 0.137 e. The lowest BCUT2D eigenvalue weighted by atomic mass is 10.1. The van der Waals surface area contributed by atoms with E-state index in [-0.39, 0.29) is 0 Å². The third-order valence-corrected chi connectivity index (χ3v) is 2.74. The highest BCUT2D eigenvalue weighted by Crippen LogP contribution is 2.27. The lowest BCUT2D eigenvalue weighted by molar-refractivity contribution is 0.199. The first kappa shape index (κ1) is 14.3. The summed E-state index contributed by atoms with van der Waals surface area (Å²) in [6.45, 7) is 3.35. The zero-order valence-electron chi connectivity index (χ0n) is 10.6. The van der Waals surface area contributed by atoms with Crippen LogP contribution in [0.25, 0.3) is 0 Å². The SMILES string of the molecule is C[C@@H](O)c1ccc(OCCCN(C)C)c(Cl)c1. The average Bonchev–Trinajstić information content (AvgIpc) is 2.25. The molecular formula is C13H20ClNO2. The molecular weight excluding hydrogens is 238 g/mol. The third-order valence-electron chi connectivity index (χ3n) is 2.45. The van der Waals surface area contributed by atoms with Gasteiger partial charge in [-0.05, 0) is 45.1 Å².